The maximum absolute atomic E-state index is 13.6. The number of hydrogen-bond donors (Lipinski definition) is 1. The third-order valence-corrected chi connectivity index (χ3v) is 5.47. The minimum absolute atomic E-state index is 0.0116. The second kappa shape index (κ2) is 10.5. The van der Waals surface area contributed by atoms with Crippen molar-refractivity contribution < 1.29 is 31.9 Å². The summed E-state index contributed by atoms with van der Waals surface area (Å²) in [5.41, 5.74) is -0.563. The fraction of sp³-hybridized carbons (Fsp3) is 0.391. The average molecular weight is 480 g/mol. The summed E-state index contributed by atoms with van der Waals surface area (Å²) in [6.45, 7) is 3.54. The van der Waals surface area contributed by atoms with E-state index in [0.717, 1.165) is 12.1 Å². The summed E-state index contributed by atoms with van der Waals surface area (Å²) in [7, 11) is 0. The molecule has 1 unspecified atom stereocenters. The first kappa shape index (κ1) is 24.1. The highest BCUT2D eigenvalue weighted by Gasteiger charge is 2.31. The second-order valence-electron chi connectivity index (χ2n) is 8.07. The number of β-amino-alcohol motifs (C(OH)–C–C–N with tert-alkyl or cyclic N) is 1. The molecule has 0 bridgehead atoms. The molecule has 1 N–H and O–H groups in total. The lowest BCUT2D eigenvalue weighted by Crippen LogP contribution is -2.48. The molecule has 2 aromatic carbocycles. The number of aromatic nitrogens is 2. The number of rotatable bonds is 8. The van der Waals surface area contributed by atoms with E-state index in [4.69, 9.17) is 9.26 Å². The molecule has 0 aliphatic carbocycles. The Morgan fingerprint density at radius 3 is 2.50 bits per heavy atom. The fourth-order valence-corrected chi connectivity index (χ4v) is 3.69. The lowest BCUT2D eigenvalue weighted by Gasteiger charge is -2.34. The summed E-state index contributed by atoms with van der Waals surface area (Å²) >= 11 is 0. The van der Waals surface area contributed by atoms with Crippen LogP contribution < -0.4 is 4.74 Å². The van der Waals surface area contributed by atoms with Crippen LogP contribution in [0.5, 0.6) is 5.75 Å². The van der Waals surface area contributed by atoms with Crippen LogP contribution in [0.4, 0.5) is 17.6 Å². The quantitative estimate of drug-likeness (QED) is 0.495. The molecule has 11 heteroatoms. The number of ether oxygens (including phenoxy) is 1. The molecule has 3 aromatic rings. The van der Waals surface area contributed by atoms with Gasteiger partial charge in [-0.3, -0.25) is 9.80 Å². The zero-order chi connectivity index (χ0) is 24.1. The van der Waals surface area contributed by atoms with Gasteiger partial charge in [-0.05, 0) is 30.3 Å². The van der Waals surface area contributed by atoms with E-state index in [1.54, 1.807) is 12.1 Å². The van der Waals surface area contributed by atoms with Gasteiger partial charge >= 0.3 is 6.18 Å². The van der Waals surface area contributed by atoms with Crippen LogP contribution in [0.15, 0.2) is 53.1 Å². The SMILES string of the molecule is OC(COc1ccccc1F)CN1CCN(Cc2noc(-c3cccc(C(F)(F)F)c3)n2)CC1. The Morgan fingerprint density at radius 2 is 1.76 bits per heavy atom. The van der Waals surface area contributed by atoms with Crippen molar-refractivity contribution in [1.82, 2.24) is 19.9 Å². The van der Waals surface area contributed by atoms with E-state index in [1.165, 1.54) is 24.3 Å². The van der Waals surface area contributed by atoms with E-state index in [2.05, 4.69) is 19.9 Å². The van der Waals surface area contributed by atoms with Crippen molar-refractivity contribution in [1.29, 1.82) is 0 Å². The van der Waals surface area contributed by atoms with Crippen LogP contribution in [-0.2, 0) is 12.7 Å². The Balaban J connectivity index is 1.23. The van der Waals surface area contributed by atoms with Gasteiger partial charge in [-0.2, -0.15) is 18.2 Å². The van der Waals surface area contributed by atoms with Crippen LogP contribution in [0.3, 0.4) is 0 Å². The number of alkyl halides is 3. The van der Waals surface area contributed by atoms with Crippen LogP contribution in [0, 0.1) is 5.82 Å². The van der Waals surface area contributed by atoms with Crippen LogP contribution in [0.25, 0.3) is 11.5 Å². The number of hydrogen-bond acceptors (Lipinski definition) is 7. The van der Waals surface area contributed by atoms with Crippen LogP contribution >= 0.6 is 0 Å². The highest BCUT2D eigenvalue weighted by atomic mass is 19.4. The van der Waals surface area contributed by atoms with Crippen molar-refractivity contribution in [2.24, 2.45) is 0 Å². The Labute approximate surface area is 193 Å². The van der Waals surface area contributed by atoms with Gasteiger partial charge in [-0.25, -0.2) is 4.39 Å². The second-order valence-corrected chi connectivity index (χ2v) is 8.07. The van der Waals surface area contributed by atoms with Gasteiger partial charge in [0.2, 0.25) is 0 Å². The lowest BCUT2D eigenvalue weighted by molar-refractivity contribution is -0.137. The smallest absolute Gasteiger partial charge is 0.416 e. The maximum atomic E-state index is 13.6. The molecule has 1 atom stereocenters. The van der Waals surface area contributed by atoms with Gasteiger partial charge in [-0.1, -0.05) is 23.4 Å². The number of benzene rings is 2. The van der Waals surface area contributed by atoms with Gasteiger partial charge in [-0.15, -0.1) is 0 Å². The molecule has 1 aromatic heterocycles. The summed E-state index contributed by atoms with van der Waals surface area (Å²) < 4.78 is 62.9. The van der Waals surface area contributed by atoms with E-state index < -0.39 is 23.7 Å². The van der Waals surface area contributed by atoms with Crippen molar-refractivity contribution in [2.45, 2.75) is 18.8 Å². The van der Waals surface area contributed by atoms with Crippen molar-refractivity contribution >= 4 is 0 Å². The molecule has 1 fully saturated rings. The molecule has 34 heavy (non-hydrogen) atoms. The molecule has 1 aliphatic heterocycles. The molecule has 1 saturated heterocycles. The standard InChI is InChI=1S/C23H24F4N4O3/c24-19-6-1-2-7-20(19)33-15-18(32)13-30-8-10-31(11-9-30)14-21-28-22(34-29-21)16-4-3-5-17(12-16)23(25,26)27/h1-7,12,18,32H,8-11,13-15H2. The Morgan fingerprint density at radius 1 is 1.03 bits per heavy atom. The number of aliphatic hydroxyl groups is 1. The van der Waals surface area contributed by atoms with Crippen LogP contribution in [0.1, 0.15) is 11.4 Å². The number of piperazine rings is 1. The number of nitrogens with zero attached hydrogens (tertiary/aromatic N) is 4. The first-order valence-electron chi connectivity index (χ1n) is 10.8. The topological polar surface area (TPSA) is 74.9 Å². The zero-order valence-corrected chi connectivity index (χ0v) is 18.2. The molecular weight excluding hydrogens is 456 g/mol. The largest absolute Gasteiger partial charge is 0.488 e. The molecule has 2 heterocycles. The zero-order valence-electron chi connectivity index (χ0n) is 18.2. The predicted octanol–water partition coefficient (Wildman–Crippen LogP) is 3.45. The lowest BCUT2D eigenvalue weighted by atomic mass is 10.1. The molecule has 0 amide bonds. The van der Waals surface area contributed by atoms with Gasteiger partial charge in [0, 0.05) is 38.3 Å². The average Bonchev–Trinajstić information content (AvgIpc) is 3.28. The molecule has 182 valence electrons. The minimum atomic E-state index is -4.45. The molecule has 4 rings (SSSR count). The van der Waals surface area contributed by atoms with Crippen molar-refractivity contribution in [3.8, 4) is 17.2 Å². The molecule has 0 radical (unpaired) electrons. The highest BCUT2D eigenvalue weighted by Crippen LogP contribution is 2.31. The number of aliphatic hydroxyl groups excluding tert-OH is 1. The minimum Gasteiger partial charge on any atom is -0.488 e. The van der Waals surface area contributed by atoms with Crippen molar-refractivity contribution in [2.75, 3.05) is 39.3 Å². The number of para-hydroxylation sites is 1. The van der Waals surface area contributed by atoms with Gasteiger partial charge in [0.15, 0.2) is 17.4 Å². The molecular formula is C23H24F4N4O3. The maximum Gasteiger partial charge on any atom is 0.416 e. The van der Waals surface area contributed by atoms with Gasteiger partial charge in [0.25, 0.3) is 5.89 Å². The third kappa shape index (κ3) is 6.31. The molecule has 7 nitrogen and oxygen atoms in total. The van der Waals surface area contributed by atoms with E-state index >= 15 is 0 Å². The fourth-order valence-electron chi connectivity index (χ4n) is 3.69. The molecule has 1 aliphatic rings. The van der Waals surface area contributed by atoms with E-state index in [0.29, 0.717) is 45.1 Å². The van der Waals surface area contributed by atoms with Gasteiger partial charge < -0.3 is 14.4 Å². The van der Waals surface area contributed by atoms with Gasteiger partial charge in [0.05, 0.1) is 12.1 Å². The molecule has 0 spiro atoms. The first-order valence-corrected chi connectivity index (χ1v) is 10.8. The van der Waals surface area contributed by atoms with E-state index in [-0.39, 0.29) is 23.8 Å². The first-order chi connectivity index (χ1) is 16.3. The number of halogens is 4. The highest BCUT2D eigenvalue weighted by molar-refractivity contribution is 5.54. The predicted molar refractivity (Wildman–Crippen MR) is 114 cm³/mol. The monoisotopic (exact) mass is 480 g/mol. The summed E-state index contributed by atoms with van der Waals surface area (Å²) in [4.78, 5) is 8.41. The van der Waals surface area contributed by atoms with Crippen molar-refractivity contribution in [3.63, 3.8) is 0 Å². The van der Waals surface area contributed by atoms with E-state index in [1.807, 2.05) is 0 Å². The Bertz CT molecular complexity index is 1080. The molecule has 0 saturated carbocycles. The van der Waals surface area contributed by atoms with E-state index in [9.17, 15) is 22.7 Å². The summed E-state index contributed by atoms with van der Waals surface area (Å²) in [6, 6.07) is 10.8. The van der Waals surface area contributed by atoms with Crippen LogP contribution in [0.2, 0.25) is 0 Å². The summed E-state index contributed by atoms with van der Waals surface area (Å²) in [5, 5.41) is 14.1. The summed E-state index contributed by atoms with van der Waals surface area (Å²) in [6.07, 6.45) is -5.21. The Kier molecular flexibility index (Phi) is 7.44. The van der Waals surface area contributed by atoms with Crippen LogP contribution in [-0.4, -0.2) is 70.5 Å². The third-order valence-electron chi connectivity index (χ3n) is 5.47. The van der Waals surface area contributed by atoms with Gasteiger partial charge in [0.1, 0.15) is 12.7 Å². The summed E-state index contributed by atoms with van der Waals surface area (Å²) in [5.74, 6) is 0.0638. The normalized spacial score (nSPS) is 16.5. The van der Waals surface area contributed by atoms with Crippen molar-refractivity contribution in [3.05, 3.63) is 65.7 Å². The Hall–Kier alpha value is -3.02.